The first-order valence-corrected chi connectivity index (χ1v) is 5.24. The highest BCUT2D eigenvalue weighted by atomic mass is 16.5. The average Bonchev–Trinajstić information content (AvgIpc) is 2.14. The minimum Gasteiger partial charge on any atom is -0.376 e. The molecule has 14 heavy (non-hydrogen) atoms. The van der Waals surface area contributed by atoms with Crippen molar-refractivity contribution >= 4 is 5.91 Å². The molecule has 1 saturated carbocycles. The Balaban J connectivity index is 2.15. The Morgan fingerprint density at radius 3 is 2.71 bits per heavy atom. The third kappa shape index (κ3) is 2.96. The number of nitrogens with two attached hydrogens (primary N) is 1. The number of hydrogen-bond acceptors (Lipinski definition) is 3. The van der Waals surface area contributed by atoms with Crippen LogP contribution in [0, 0.1) is 0 Å². The fraction of sp³-hybridized carbons (Fsp3) is 0.900. The molecule has 0 aromatic carbocycles. The molecule has 0 aromatic heterocycles. The lowest BCUT2D eigenvalue weighted by molar-refractivity contribution is -0.124. The summed E-state index contributed by atoms with van der Waals surface area (Å²) in [7, 11) is 1.71. The summed E-state index contributed by atoms with van der Waals surface area (Å²) < 4.78 is 5.39. The van der Waals surface area contributed by atoms with Crippen molar-refractivity contribution in [2.24, 2.45) is 5.73 Å². The lowest BCUT2D eigenvalue weighted by atomic mass is 9.80. The van der Waals surface area contributed by atoms with Crippen molar-refractivity contribution in [1.29, 1.82) is 0 Å². The van der Waals surface area contributed by atoms with Gasteiger partial charge < -0.3 is 15.8 Å². The Labute approximate surface area is 85.2 Å². The molecule has 4 nitrogen and oxygen atoms in total. The Morgan fingerprint density at radius 1 is 1.57 bits per heavy atom. The van der Waals surface area contributed by atoms with Crippen LogP contribution in [0.25, 0.3) is 0 Å². The van der Waals surface area contributed by atoms with Crippen LogP contribution in [0.3, 0.4) is 0 Å². The van der Waals surface area contributed by atoms with E-state index in [0.717, 1.165) is 19.3 Å². The molecule has 3 N–H and O–H groups in total. The predicted molar refractivity (Wildman–Crippen MR) is 54.9 cm³/mol. The van der Waals surface area contributed by atoms with Gasteiger partial charge in [-0.3, -0.25) is 4.79 Å². The van der Waals surface area contributed by atoms with E-state index in [9.17, 15) is 4.79 Å². The van der Waals surface area contributed by atoms with Crippen LogP contribution in [0.4, 0.5) is 0 Å². The molecule has 0 radical (unpaired) electrons. The van der Waals surface area contributed by atoms with Crippen LogP contribution >= 0.6 is 0 Å². The fourth-order valence-electron chi connectivity index (χ4n) is 1.63. The molecular weight excluding hydrogens is 180 g/mol. The van der Waals surface area contributed by atoms with Crippen molar-refractivity contribution in [2.75, 3.05) is 20.2 Å². The molecular formula is C10H20N2O2. The number of rotatable bonds is 6. The predicted octanol–water partition coefficient (Wildman–Crippen LogP) is 0.411. The van der Waals surface area contributed by atoms with Crippen LogP contribution in [0.1, 0.15) is 32.1 Å². The summed E-state index contributed by atoms with van der Waals surface area (Å²) >= 11 is 0. The van der Waals surface area contributed by atoms with Crippen LogP contribution in [0.5, 0.6) is 0 Å². The Bertz CT molecular complexity index is 185. The van der Waals surface area contributed by atoms with Crippen LogP contribution in [0.15, 0.2) is 0 Å². The molecule has 0 bridgehead atoms. The van der Waals surface area contributed by atoms with Crippen LogP contribution in [-0.2, 0) is 9.53 Å². The van der Waals surface area contributed by atoms with Crippen molar-refractivity contribution in [3.8, 4) is 0 Å². The van der Waals surface area contributed by atoms with Gasteiger partial charge in [-0.05, 0) is 32.2 Å². The molecule has 1 aliphatic rings. The molecule has 0 atom stereocenters. The monoisotopic (exact) mass is 200 g/mol. The van der Waals surface area contributed by atoms with E-state index in [0.29, 0.717) is 19.5 Å². The summed E-state index contributed by atoms with van der Waals surface area (Å²) in [5.74, 6) is 0.0822. The van der Waals surface area contributed by atoms with E-state index in [-0.39, 0.29) is 11.5 Å². The van der Waals surface area contributed by atoms with Gasteiger partial charge in [0.1, 0.15) is 0 Å². The number of hydrogen-bond donors (Lipinski definition) is 2. The molecule has 4 heteroatoms. The van der Waals surface area contributed by atoms with Crippen molar-refractivity contribution in [3.63, 3.8) is 0 Å². The van der Waals surface area contributed by atoms with Gasteiger partial charge in [-0.25, -0.2) is 0 Å². The minimum absolute atomic E-state index is 0.0711. The molecule has 0 aliphatic heterocycles. The van der Waals surface area contributed by atoms with Gasteiger partial charge >= 0.3 is 0 Å². The Hall–Kier alpha value is -0.610. The summed E-state index contributed by atoms with van der Waals surface area (Å²) in [5, 5.41) is 2.89. The van der Waals surface area contributed by atoms with E-state index in [2.05, 4.69) is 5.32 Å². The Morgan fingerprint density at radius 2 is 2.29 bits per heavy atom. The second kappa shape index (κ2) is 5.32. The number of ether oxygens (including phenoxy) is 1. The average molecular weight is 200 g/mol. The molecule has 0 saturated heterocycles. The van der Waals surface area contributed by atoms with Gasteiger partial charge in [0.25, 0.3) is 0 Å². The lowest BCUT2D eigenvalue weighted by Gasteiger charge is -2.40. The summed E-state index contributed by atoms with van der Waals surface area (Å²) in [6, 6.07) is 0. The third-order valence-corrected chi connectivity index (χ3v) is 2.91. The van der Waals surface area contributed by atoms with Gasteiger partial charge in [0.15, 0.2) is 0 Å². The first-order valence-electron chi connectivity index (χ1n) is 5.24. The second-order valence-corrected chi connectivity index (χ2v) is 3.91. The lowest BCUT2D eigenvalue weighted by Crippen LogP contribution is -2.49. The van der Waals surface area contributed by atoms with Gasteiger partial charge in [0, 0.05) is 20.1 Å². The smallest absolute Gasteiger partial charge is 0.220 e. The van der Waals surface area contributed by atoms with E-state index in [4.69, 9.17) is 10.5 Å². The zero-order chi connectivity index (χ0) is 10.4. The minimum atomic E-state index is -0.0711. The normalized spacial score (nSPS) is 18.7. The fourth-order valence-corrected chi connectivity index (χ4v) is 1.63. The van der Waals surface area contributed by atoms with Crippen LogP contribution in [0.2, 0.25) is 0 Å². The molecule has 82 valence electrons. The highest BCUT2D eigenvalue weighted by Gasteiger charge is 2.36. The standard InChI is InChI=1S/C10H20N2O2/c1-14-10(5-3-6-10)8-12-9(13)4-2-7-11/h2-8,11H2,1H3,(H,12,13). The summed E-state index contributed by atoms with van der Waals surface area (Å²) in [4.78, 5) is 11.3. The number of methoxy groups -OCH3 is 1. The molecule has 0 unspecified atom stereocenters. The van der Waals surface area contributed by atoms with Gasteiger partial charge in [0.2, 0.25) is 5.91 Å². The quantitative estimate of drug-likeness (QED) is 0.652. The second-order valence-electron chi connectivity index (χ2n) is 3.91. The summed E-state index contributed by atoms with van der Waals surface area (Å²) in [6.45, 7) is 1.22. The molecule has 0 spiro atoms. The first-order chi connectivity index (χ1) is 6.72. The van der Waals surface area contributed by atoms with E-state index in [1.807, 2.05) is 0 Å². The maximum Gasteiger partial charge on any atom is 0.220 e. The largest absolute Gasteiger partial charge is 0.376 e. The van der Waals surface area contributed by atoms with Crippen molar-refractivity contribution in [2.45, 2.75) is 37.7 Å². The molecule has 0 aromatic rings. The van der Waals surface area contributed by atoms with Gasteiger partial charge in [0.05, 0.1) is 5.60 Å². The van der Waals surface area contributed by atoms with Crippen LogP contribution in [-0.4, -0.2) is 31.7 Å². The number of carbonyl (C=O) groups is 1. The molecule has 0 heterocycles. The summed E-state index contributed by atoms with van der Waals surface area (Å²) in [5.41, 5.74) is 5.25. The molecule has 1 rings (SSSR count). The Kier molecular flexibility index (Phi) is 4.35. The topological polar surface area (TPSA) is 64.3 Å². The van der Waals surface area contributed by atoms with E-state index in [1.54, 1.807) is 7.11 Å². The first kappa shape index (κ1) is 11.5. The van der Waals surface area contributed by atoms with Crippen LogP contribution < -0.4 is 11.1 Å². The van der Waals surface area contributed by atoms with E-state index in [1.165, 1.54) is 6.42 Å². The zero-order valence-corrected chi connectivity index (χ0v) is 8.84. The number of carbonyl (C=O) groups excluding carboxylic acids is 1. The highest BCUT2D eigenvalue weighted by molar-refractivity contribution is 5.75. The van der Waals surface area contributed by atoms with Crippen molar-refractivity contribution in [3.05, 3.63) is 0 Å². The zero-order valence-electron chi connectivity index (χ0n) is 8.84. The maximum absolute atomic E-state index is 11.3. The van der Waals surface area contributed by atoms with Gasteiger partial charge in [-0.2, -0.15) is 0 Å². The van der Waals surface area contributed by atoms with Crippen molar-refractivity contribution < 1.29 is 9.53 Å². The summed E-state index contributed by atoms with van der Waals surface area (Å²) in [6.07, 6.45) is 4.59. The van der Waals surface area contributed by atoms with E-state index < -0.39 is 0 Å². The highest BCUT2D eigenvalue weighted by Crippen LogP contribution is 2.34. The van der Waals surface area contributed by atoms with Gasteiger partial charge in [-0.15, -0.1) is 0 Å². The van der Waals surface area contributed by atoms with Gasteiger partial charge in [-0.1, -0.05) is 0 Å². The van der Waals surface area contributed by atoms with E-state index >= 15 is 0 Å². The molecule has 1 fully saturated rings. The molecule has 1 amide bonds. The number of nitrogens with one attached hydrogen (secondary N) is 1. The third-order valence-electron chi connectivity index (χ3n) is 2.91. The maximum atomic E-state index is 11.3. The van der Waals surface area contributed by atoms with Crippen molar-refractivity contribution in [1.82, 2.24) is 5.32 Å². The number of amides is 1. The SMILES string of the molecule is COC1(CNC(=O)CCCN)CCC1. The molecule has 1 aliphatic carbocycles.